The molecule has 0 saturated heterocycles. The summed E-state index contributed by atoms with van der Waals surface area (Å²) in [4.78, 5) is 25.8. The average Bonchev–Trinajstić information content (AvgIpc) is 2.72. The number of benzene rings is 2. The zero-order chi connectivity index (χ0) is 21.3. The van der Waals surface area contributed by atoms with Crippen LogP contribution in [0.15, 0.2) is 53.3 Å². The summed E-state index contributed by atoms with van der Waals surface area (Å²) in [6, 6.07) is 14.5. The topological polar surface area (TPSA) is 125 Å². The van der Waals surface area contributed by atoms with Crippen LogP contribution in [0.1, 0.15) is 5.82 Å². The van der Waals surface area contributed by atoms with Crippen molar-refractivity contribution in [2.75, 3.05) is 23.3 Å². The van der Waals surface area contributed by atoms with E-state index in [1.54, 1.807) is 22.8 Å². The lowest BCUT2D eigenvalue weighted by Gasteiger charge is -2.15. The number of halogens is 2. The molecule has 152 valence electrons. The van der Waals surface area contributed by atoms with Gasteiger partial charge in [0.05, 0.1) is 21.6 Å². The molecule has 0 unspecified atom stereocenters. The maximum atomic E-state index is 13.3. The third-order valence-electron chi connectivity index (χ3n) is 4.47. The van der Waals surface area contributed by atoms with Gasteiger partial charge in [0.2, 0.25) is 5.95 Å². The van der Waals surface area contributed by atoms with Crippen molar-refractivity contribution < 1.29 is 0 Å². The molecule has 10 heteroatoms. The minimum atomic E-state index is -0.236. The number of para-hydroxylation sites is 1. The molecule has 4 aromatic rings. The van der Waals surface area contributed by atoms with Gasteiger partial charge < -0.3 is 16.8 Å². The monoisotopic (exact) mass is 441 g/mol. The highest BCUT2D eigenvalue weighted by atomic mass is 35.5. The first-order valence-electron chi connectivity index (χ1n) is 9.03. The summed E-state index contributed by atoms with van der Waals surface area (Å²) in [5.74, 6) is 0.976. The van der Waals surface area contributed by atoms with Crippen LogP contribution in [0.4, 0.5) is 17.6 Å². The van der Waals surface area contributed by atoms with E-state index < -0.39 is 0 Å². The summed E-state index contributed by atoms with van der Waals surface area (Å²) < 4.78 is 1.56. The summed E-state index contributed by atoms with van der Waals surface area (Å²) in [5.41, 5.74) is 12.4. The molecule has 2 aromatic heterocycles. The lowest BCUT2D eigenvalue weighted by Crippen LogP contribution is -2.25. The van der Waals surface area contributed by atoms with Gasteiger partial charge in [-0.05, 0) is 24.3 Å². The van der Waals surface area contributed by atoms with E-state index in [0.717, 1.165) is 0 Å². The zero-order valence-electron chi connectivity index (χ0n) is 15.6. The Bertz CT molecular complexity index is 1290. The van der Waals surface area contributed by atoms with Gasteiger partial charge in [0, 0.05) is 13.0 Å². The molecular formula is C20H17Cl2N7O. The highest BCUT2D eigenvalue weighted by Gasteiger charge is 2.15. The van der Waals surface area contributed by atoms with Crippen LogP contribution in [0.5, 0.6) is 0 Å². The Kier molecular flexibility index (Phi) is 5.43. The Morgan fingerprint density at radius 1 is 0.967 bits per heavy atom. The molecule has 0 saturated carbocycles. The largest absolute Gasteiger partial charge is 0.382 e. The second kappa shape index (κ2) is 8.17. The van der Waals surface area contributed by atoms with E-state index in [1.165, 1.54) is 0 Å². The average molecular weight is 442 g/mol. The van der Waals surface area contributed by atoms with E-state index in [4.69, 9.17) is 34.7 Å². The predicted octanol–water partition coefficient (Wildman–Crippen LogP) is 3.30. The Labute approximate surface area is 181 Å². The number of nitrogens with one attached hydrogen (secondary N) is 1. The molecule has 2 heterocycles. The van der Waals surface area contributed by atoms with Gasteiger partial charge in [-0.25, -0.2) is 4.98 Å². The fourth-order valence-corrected chi connectivity index (χ4v) is 3.54. The summed E-state index contributed by atoms with van der Waals surface area (Å²) in [6.07, 6.45) is 0.396. The number of rotatable bonds is 5. The molecule has 30 heavy (non-hydrogen) atoms. The Morgan fingerprint density at radius 3 is 2.50 bits per heavy atom. The van der Waals surface area contributed by atoms with Crippen LogP contribution in [-0.2, 0) is 6.42 Å². The SMILES string of the molecule is Nc1nc(N)c(Cl)c(NCCc2nc3cccc(Cl)c3c(=O)n2-c2ccccc2)n1. The Hall–Kier alpha value is -3.36. The zero-order valence-corrected chi connectivity index (χ0v) is 17.2. The van der Waals surface area contributed by atoms with Gasteiger partial charge in [0.25, 0.3) is 5.56 Å². The molecule has 0 atom stereocenters. The molecule has 4 rings (SSSR count). The molecule has 0 aliphatic carbocycles. The van der Waals surface area contributed by atoms with Crippen LogP contribution >= 0.6 is 23.2 Å². The van der Waals surface area contributed by atoms with E-state index in [0.29, 0.717) is 46.2 Å². The van der Waals surface area contributed by atoms with Crippen LogP contribution in [0.2, 0.25) is 10.0 Å². The van der Waals surface area contributed by atoms with Crippen molar-refractivity contribution in [3.63, 3.8) is 0 Å². The van der Waals surface area contributed by atoms with Crippen molar-refractivity contribution in [3.05, 3.63) is 74.8 Å². The summed E-state index contributed by atoms with van der Waals surface area (Å²) in [6.45, 7) is 0.376. The van der Waals surface area contributed by atoms with Gasteiger partial charge in [-0.15, -0.1) is 0 Å². The van der Waals surface area contributed by atoms with E-state index in [1.807, 2.05) is 30.3 Å². The van der Waals surface area contributed by atoms with Crippen LogP contribution in [0.25, 0.3) is 16.6 Å². The molecule has 0 fully saturated rings. The van der Waals surface area contributed by atoms with E-state index >= 15 is 0 Å². The summed E-state index contributed by atoms with van der Waals surface area (Å²) >= 11 is 12.4. The van der Waals surface area contributed by atoms with Crippen LogP contribution < -0.4 is 22.3 Å². The molecule has 5 N–H and O–H groups in total. The molecular weight excluding hydrogens is 425 g/mol. The van der Waals surface area contributed by atoms with Gasteiger partial charge in [-0.1, -0.05) is 47.5 Å². The van der Waals surface area contributed by atoms with Gasteiger partial charge in [-0.2, -0.15) is 9.97 Å². The number of aromatic nitrogens is 4. The number of nitrogen functional groups attached to an aromatic ring is 2. The Balaban J connectivity index is 1.74. The maximum Gasteiger partial charge on any atom is 0.267 e. The number of nitrogens with zero attached hydrogens (tertiary/aromatic N) is 4. The number of hydrogen-bond acceptors (Lipinski definition) is 7. The van der Waals surface area contributed by atoms with E-state index in [2.05, 4.69) is 20.3 Å². The number of fused-ring (bicyclic) bond motifs is 1. The molecule has 2 aromatic carbocycles. The fraction of sp³-hybridized carbons (Fsp3) is 0.100. The summed E-state index contributed by atoms with van der Waals surface area (Å²) in [5, 5.41) is 3.99. The number of anilines is 3. The normalized spacial score (nSPS) is 11.0. The third-order valence-corrected chi connectivity index (χ3v) is 5.15. The second-order valence-electron chi connectivity index (χ2n) is 6.44. The molecule has 0 radical (unpaired) electrons. The van der Waals surface area contributed by atoms with Gasteiger partial charge >= 0.3 is 0 Å². The minimum Gasteiger partial charge on any atom is -0.382 e. The van der Waals surface area contributed by atoms with Crippen molar-refractivity contribution >= 4 is 51.7 Å². The smallest absolute Gasteiger partial charge is 0.267 e. The quantitative estimate of drug-likeness (QED) is 0.433. The van der Waals surface area contributed by atoms with Crippen LogP contribution in [0.3, 0.4) is 0 Å². The molecule has 0 aliphatic rings. The lowest BCUT2D eigenvalue weighted by molar-refractivity contribution is 0.809. The van der Waals surface area contributed by atoms with Crippen LogP contribution in [0, 0.1) is 0 Å². The predicted molar refractivity (Wildman–Crippen MR) is 120 cm³/mol. The first kappa shape index (κ1) is 19.9. The maximum absolute atomic E-state index is 13.3. The second-order valence-corrected chi connectivity index (χ2v) is 7.23. The molecule has 0 amide bonds. The highest BCUT2D eigenvalue weighted by Crippen LogP contribution is 2.25. The van der Waals surface area contributed by atoms with Crippen LogP contribution in [-0.4, -0.2) is 26.1 Å². The highest BCUT2D eigenvalue weighted by molar-refractivity contribution is 6.35. The van der Waals surface area contributed by atoms with Gasteiger partial charge in [-0.3, -0.25) is 9.36 Å². The lowest BCUT2D eigenvalue weighted by atomic mass is 10.2. The molecule has 0 aliphatic heterocycles. The molecule has 8 nitrogen and oxygen atoms in total. The third kappa shape index (κ3) is 3.74. The first-order valence-corrected chi connectivity index (χ1v) is 9.79. The van der Waals surface area contributed by atoms with Crippen molar-refractivity contribution in [2.45, 2.75) is 6.42 Å². The number of hydrogen-bond donors (Lipinski definition) is 3. The fourth-order valence-electron chi connectivity index (χ4n) is 3.14. The van der Waals surface area contributed by atoms with E-state index in [-0.39, 0.29) is 22.3 Å². The molecule has 0 bridgehead atoms. The van der Waals surface area contributed by atoms with Crippen molar-refractivity contribution in [2.24, 2.45) is 0 Å². The molecule has 0 spiro atoms. The van der Waals surface area contributed by atoms with Crippen molar-refractivity contribution in [3.8, 4) is 5.69 Å². The summed E-state index contributed by atoms with van der Waals surface area (Å²) in [7, 11) is 0. The number of nitrogens with two attached hydrogens (primary N) is 2. The Morgan fingerprint density at radius 2 is 1.73 bits per heavy atom. The van der Waals surface area contributed by atoms with E-state index in [9.17, 15) is 4.79 Å². The standard InChI is InChI=1S/C20H17Cl2N7O/c21-12-7-4-8-13-15(12)19(30)29(11-5-2-1-3-6-11)14(26-13)9-10-25-18-16(22)17(23)27-20(24)28-18/h1-8H,9-10H2,(H5,23,24,25,27,28). The van der Waals surface area contributed by atoms with Gasteiger partial charge in [0.1, 0.15) is 16.7 Å². The van der Waals surface area contributed by atoms with Crippen molar-refractivity contribution in [1.82, 2.24) is 19.5 Å². The minimum absolute atomic E-state index is 0.0130. The van der Waals surface area contributed by atoms with Crippen molar-refractivity contribution in [1.29, 1.82) is 0 Å². The van der Waals surface area contributed by atoms with Gasteiger partial charge in [0.15, 0.2) is 5.82 Å². The first-order chi connectivity index (χ1) is 14.5.